The topological polar surface area (TPSA) is 132 Å². The van der Waals surface area contributed by atoms with Gasteiger partial charge >= 0.3 is 0 Å². The maximum absolute atomic E-state index is 9.84. The van der Waals surface area contributed by atoms with Crippen molar-refractivity contribution in [1.29, 1.82) is 5.41 Å². The van der Waals surface area contributed by atoms with Crippen molar-refractivity contribution in [3.63, 3.8) is 0 Å². The van der Waals surface area contributed by atoms with Crippen LogP contribution in [0.2, 0.25) is 0 Å². The number of thioether (sulfide) groups is 1. The molecule has 9 nitrogen and oxygen atoms in total. The number of aliphatic hydroxyl groups excluding tert-OH is 1. The summed E-state index contributed by atoms with van der Waals surface area (Å²) in [6.07, 6.45) is 2.44. The quantitative estimate of drug-likeness (QED) is 0.176. The van der Waals surface area contributed by atoms with E-state index in [1.54, 1.807) is 11.8 Å². The Labute approximate surface area is 222 Å². The molecule has 0 unspecified atom stereocenters. The zero-order chi connectivity index (χ0) is 26.4. The van der Waals surface area contributed by atoms with Crippen molar-refractivity contribution in [2.75, 3.05) is 41.0 Å². The molecule has 196 valence electrons. The van der Waals surface area contributed by atoms with E-state index in [0.29, 0.717) is 40.6 Å². The number of nitrogens with two attached hydrogens (primary N) is 1. The van der Waals surface area contributed by atoms with Crippen LogP contribution >= 0.6 is 11.8 Å². The number of benzene rings is 2. The predicted molar refractivity (Wildman–Crippen MR) is 153 cm³/mol. The minimum atomic E-state index is -0.228. The van der Waals surface area contributed by atoms with E-state index in [-0.39, 0.29) is 11.9 Å². The molecule has 1 aliphatic rings. The van der Waals surface area contributed by atoms with Gasteiger partial charge in [-0.1, -0.05) is 26.0 Å². The Balaban J connectivity index is 1.63. The van der Waals surface area contributed by atoms with Gasteiger partial charge in [-0.05, 0) is 44.0 Å². The molecule has 0 aliphatic carbocycles. The van der Waals surface area contributed by atoms with Gasteiger partial charge in [0, 0.05) is 41.2 Å². The molecule has 1 fully saturated rings. The van der Waals surface area contributed by atoms with E-state index in [1.807, 2.05) is 43.3 Å². The van der Waals surface area contributed by atoms with Crippen LogP contribution in [0.25, 0.3) is 0 Å². The van der Waals surface area contributed by atoms with Crippen LogP contribution in [-0.4, -0.2) is 52.3 Å². The Morgan fingerprint density at radius 2 is 1.92 bits per heavy atom. The molecule has 37 heavy (non-hydrogen) atoms. The summed E-state index contributed by atoms with van der Waals surface area (Å²) in [6, 6.07) is 14.0. The van der Waals surface area contributed by atoms with E-state index in [9.17, 15) is 5.11 Å². The predicted octanol–water partition coefficient (Wildman–Crippen LogP) is 5.40. The molecule has 2 heterocycles. The van der Waals surface area contributed by atoms with E-state index in [0.717, 1.165) is 48.4 Å². The van der Waals surface area contributed by atoms with Gasteiger partial charge in [0.25, 0.3) is 0 Å². The smallest absolute Gasteiger partial charge is 0.231 e. The number of para-hydroxylation sites is 1. The summed E-state index contributed by atoms with van der Waals surface area (Å²) in [7, 11) is 0. The lowest BCUT2D eigenvalue weighted by atomic mass is 10.1. The average molecular weight is 522 g/mol. The van der Waals surface area contributed by atoms with Gasteiger partial charge in [0.2, 0.25) is 5.95 Å². The molecule has 0 amide bonds. The summed E-state index contributed by atoms with van der Waals surface area (Å²) >= 11 is 1.75. The molecule has 2 aromatic carbocycles. The molecule has 0 spiro atoms. The number of nitrogen functional groups attached to an aromatic ring is 1. The first kappa shape index (κ1) is 26.6. The van der Waals surface area contributed by atoms with E-state index in [4.69, 9.17) is 15.9 Å². The molecule has 4 rings (SSSR count). The lowest BCUT2D eigenvalue weighted by molar-refractivity contribution is 0.145. The van der Waals surface area contributed by atoms with E-state index in [1.165, 1.54) is 0 Å². The molecule has 0 bridgehead atoms. The highest BCUT2D eigenvalue weighted by atomic mass is 32.2. The number of nitrogens with zero attached hydrogens (tertiary/aromatic N) is 3. The number of hydrogen-bond donors (Lipinski definition) is 5. The van der Waals surface area contributed by atoms with Crippen molar-refractivity contribution < 1.29 is 9.84 Å². The second-order valence-corrected chi connectivity index (χ2v) is 10.7. The van der Waals surface area contributed by atoms with Crippen LogP contribution in [0.5, 0.6) is 5.75 Å². The van der Waals surface area contributed by atoms with Crippen molar-refractivity contribution in [3.8, 4) is 5.75 Å². The van der Waals surface area contributed by atoms with Crippen molar-refractivity contribution in [3.05, 3.63) is 48.0 Å². The summed E-state index contributed by atoms with van der Waals surface area (Å²) in [5.41, 5.74) is 9.31. The third kappa shape index (κ3) is 6.64. The van der Waals surface area contributed by atoms with Crippen LogP contribution in [-0.2, 0) is 0 Å². The summed E-state index contributed by atoms with van der Waals surface area (Å²) in [6.45, 7) is 8.33. The maximum atomic E-state index is 9.84. The fourth-order valence-corrected chi connectivity index (χ4v) is 5.08. The van der Waals surface area contributed by atoms with Gasteiger partial charge < -0.3 is 36.5 Å². The molecule has 0 radical (unpaired) electrons. The van der Waals surface area contributed by atoms with Gasteiger partial charge in [0.1, 0.15) is 17.4 Å². The monoisotopic (exact) mass is 521 g/mol. The third-order valence-corrected chi connectivity index (χ3v) is 7.04. The minimum Gasteiger partial charge on any atom is -0.492 e. The minimum absolute atomic E-state index is 0.199. The van der Waals surface area contributed by atoms with E-state index < -0.39 is 0 Å². The van der Waals surface area contributed by atoms with Gasteiger partial charge in [-0.2, -0.15) is 9.97 Å². The van der Waals surface area contributed by atoms with Gasteiger partial charge in [0.05, 0.1) is 29.6 Å². The first-order chi connectivity index (χ1) is 17.9. The van der Waals surface area contributed by atoms with Gasteiger partial charge in [-0.15, -0.1) is 11.8 Å². The molecule has 3 aromatic rings. The number of aliphatic hydroxyl groups is 1. The Kier molecular flexibility index (Phi) is 8.73. The second kappa shape index (κ2) is 12.2. The standard InChI is InChI=1S/C27H35N7O2S/c1-4-36-23-15-18(34-13-11-19(35)12-14-34)9-10-21(23)31-27-32-25(29)20(16-28)26(33-27)30-22-7-5-6-8-24(22)37-17(2)3/h5-10,15-17,19,28,35H,4,11-14H2,1-3H3,(H4,29,30,31,32,33). The Morgan fingerprint density at radius 3 is 2.62 bits per heavy atom. The van der Waals surface area contributed by atoms with Crippen molar-refractivity contribution in [2.24, 2.45) is 0 Å². The van der Waals surface area contributed by atoms with Crippen LogP contribution in [0.1, 0.15) is 39.2 Å². The number of ether oxygens (including phenoxy) is 1. The molecule has 10 heteroatoms. The molecule has 0 saturated carbocycles. The summed E-state index contributed by atoms with van der Waals surface area (Å²) < 4.78 is 5.94. The Morgan fingerprint density at radius 1 is 1.16 bits per heavy atom. The summed E-state index contributed by atoms with van der Waals surface area (Å²) in [5.74, 6) is 1.63. The maximum Gasteiger partial charge on any atom is 0.231 e. The molecular formula is C27H35N7O2S. The number of piperidine rings is 1. The number of hydrogen-bond acceptors (Lipinski definition) is 10. The highest BCUT2D eigenvalue weighted by Gasteiger charge is 2.19. The number of nitrogens with one attached hydrogen (secondary N) is 3. The number of rotatable bonds is 10. The van der Waals surface area contributed by atoms with Crippen LogP contribution in [0.15, 0.2) is 47.4 Å². The Bertz CT molecular complexity index is 1230. The fraction of sp³-hybridized carbons (Fsp3) is 0.370. The third-order valence-electron chi connectivity index (χ3n) is 5.96. The van der Waals surface area contributed by atoms with E-state index in [2.05, 4.69) is 45.4 Å². The average Bonchev–Trinajstić information content (AvgIpc) is 2.86. The fourth-order valence-electron chi connectivity index (χ4n) is 4.16. The summed E-state index contributed by atoms with van der Waals surface area (Å²) in [5, 5.41) is 24.7. The lowest BCUT2D eigenvalue weighted by Gasteiger charge is -2.32. The lowest BCUT2D eigenvalue weighted by Crippen LogP contribution is -2.35. The highest BCUT2D eigenvalue weighted by Crippen LogP contribution is 2.35. The first-order valence-corrected chi connectivity index (χ1v) is 13.4. The number of anilines is 6. The SMILES string of the molecule is CCOc1cc(N2CCC(O)CC2)ccc1Nc1nc(N)c(C=N)c(Nc2ccccc2SC(C)C)n1. The van der Waals surface area contributed by atoms with Crippen molar-refractivity contribution in [1.82, 2.24) is 9.97 Å². The van der Waals surface area contributed by atoms with E-state index >= 15 is 0 Å². The van der Waals surface area contributed by atoms with Crippen LogP contribution in [0, 0.1) is 5.41 Å². The van der Waals surface area contributed by atoms with Crippen molar-refractivity contribution >= 4 is 52.6 Å². The van der Waals surface area contributed by atoms with Crippen molar-refractivity contribution in [2.45, 2.75) is 49.9 Å². The van der Waals surface area contributed by atoms with Crippen LogP contribution in [0.3, 0.4) is 0 Å². The molecule has 6 N–H and O–H groups in total. The number of aromatic nitrogens is 2. The Hall–Kier alpha value is -3.50. The second-order valence-electron chi connectivity index (χ2n) is 9.08. The van der Waals surface area contributed by atoms with Gasteiger partial charge in [0.15, 0.2) is 0 Å². The summed E-state index contributed by atoms with van der Waals surface area (Å²) in [4.78, 5) is 12.4. The van der Waals surface area contributed by atoms with Crippen LogP contribution < -0.4 is 26.0 Å². The normalized spacial score (nSPS) is 14.0. The van der Waals surface area contributed by atoms with Crippen LogP contribution in [0.4, 0.5) is 34.6 Å². The molecule has 1 aliphatic heterocycles. The molecule has 1 saturated heterocycles. The first-order valence-electron chi connectivity index (χ1n) is 12.6. The largest absolute Gasteiger partial charge is 0.492 e. The molecule has 0 atom stereocenters. The highest BCUT2D eigenvalue weighted by molar-refractivity contribution is 8.00. The van der Waals surface area contributed by atoms with Gasteiger partial charge in [-0.3, -0.25) is 0 Å². The van der Waals surface area contributed by atoms with Gasteiger partial charge in [-0.25, -0.2) is 0 Å². The zero-order valence-corrected chi connectivity index (χ0v) is 22.3. The molecular weight excluding hydrogens is 486 g/mol. The molecule has 1 aromatic heterocycles. The zero-order valence-electron chi connectivity index (χ0n) is 21.5.